The van der Waals surface area contributed by atoms with Gasteiger partial charge in [-0.3, -0.25) is 0 Å². The van der Waals surface area contributed by atoms with Crippen molar-refractivity contribution in [1.82, 2.24) is 0 Å². The molecule has 21 heavy (non-hydrogen) atoms. The van der Waals surface area contributed by atoms with Crippen molar-refractivity contribution in [3.63, 3.8) is 0 Å². The number of ether oxygens (including phenoxy) is 2. The summed E-state index contributed by atoms with van der Waals surface area (Å²) in [6, 6.07) is 10.1. The molecule has 0 aliphatic heterocycles. The molecule has 0 amide bonds. The first-order valence-electron chi connectivity index (χ1n) is 6.50. The Bertz CT molecular complexity index is 632. The first-order chi connectivity index (χ1) is 10.2. The number of halogens is 1. The van der Waals surface area contributed by atoms with E-state index in [4.69, 9.17) is 9.47 Å². The molecule has 0 unspecified atom stereocenters. The Hall–Kier alpha value is -2.55. The van der Waals surface area contributed by atoms with E-state index in [9.17, 15) is 4.39 Å². The number of rotatable bonds is 5. The van der Waals surface area contributed by atoms with Crippen molar-refractivity contribution in [3.8, 4) is 11.5 Å². The number of methoxy groups -OCH3 is 2. The van der Waals surface area contributed by atoms with Gasteiger partial charge in [-0.1, -0.05) is 36.9 Å². The molecule has 0 heterocycles. The summed E-state index contributed by atoms with van der Waals surface area (Å²) in [5.74, 6) is 1.15. The van der Waals surface area contributed by atoms with Gasteiger partial charge in [0.2, 0.25) is 0 Å². The van der Waals surface area contributed by atoms with Crippen LogP contribution in [-0.2, 0) is 0 Å². The van der Waals surface area contributed by atoms with E-state index in [1.54, 1.807) is 32.4 Å². The Balaban J connectivity index is 2.35. The zero-order valence-electron chi connectivity index (χ0n) is 12.1. The summed E-state index contributed by atoms with van der Waals surface area (Å²) >= 11 is 0. The van der Waals surface area contributed by atoms with Crippen molar-refractivity contribution in [1.29, 1.82) is 0 Å². The minimum Gasteiger partial charge on any atom is -0.496 e. The Morgan fingerprint density at radius 1 is 0.905 bits per heavy atom. The number of hydrogen-bond donors (Lipinski definition) is 0. The number of benzene rings is 2. The van der Waals surface area contributed by atoms with E-state index in [-0.39, 0.29) is 5.82 Å². The molecular formula is C18H17FO2. The van der Waals surface area contributed by atoms with Crippen LogP contribution in [0.4, 0.5) is 4.39 Å². The fraction of sp³-hybridized carbons (Fsp3) is 0.111. The largest absolute Gasteiger partial charge is 0.496 e. The van der Waals surface area contributed by atoms with E-state index in [1.165, 1.54) is 12.1 Å². The molecule has 0 aromatic heterocycles. The van der Waals surface area contributed by atoms with E-state index in [0.717, 1.165) is 16.7 Å². The lowest BCUT2D eigenvalue weighted by Crippen LogP contribution is -1.93. The quantitative estimate of drug-likeness (QED) is 0.744. The SMILES string of the molecule is C=Cc1c(OC)cc(/C=C/c2ccc(F)cc2)cc1OC. The van der Waals surface area contributed by atoms with Gasteiger partial charge in [-0.05, 0) is 35.4 Å². The predicted octanol–water partition coefficient (Wildman–Crippen LogP) is 4.66. The van der Waals surface area contributed by atoms with Crippen molar-refractivity contribution in [2.45, 2.75) is 0 Å². The van der Waals surface area contributed by atoms with Crippen LogP contribution < -0.4 is 9.47 Å². The molecule has 2 aromatic rings. The van der Waals surface area contributed by atoms with E-state index in [0.29, 0.717) is 11.5 Å². The highest BCUT2D eigenvalue weighted by Crippen LogP contribution is 2.32. The van der Waals surface area contributed by atoms with Crippen LogP contribution in [0.25, 0.3) is 18.2 Å². The van der Waals surface area contributed by atoms with Crippen LogP contribution in [0.3, 0.4) is 0 Å². The second-order valence-electron chi connectivity index (χ2n) is 4.43. The predicted molar refractivity (Wildman–Crippen MR) is 85.0 cm³/mol. The van der Waals surface area contributed by atoms with Gasteiger partial charge in [0.1, 0.15) is 17.3 Å². The molecule has 0 aliphatic rings. The summed E-state index contributed by atoms with van der Waals surface area (Å²) in [5, 5.41) is 0. The van der Waals surface area contributed by atoms with Crippen molar-refractivity contribution < 1.29 is 13.9 Å². The first kappa shape index (κ1) is 14.9. The molecule has 2 aromatic carbocycles. The fourth-order valence-electron chi connectivity index (χ4n) is 2.02. The van der Waals surface area contributed by atoms with Crippen LogP contribution in [0.15, 0.2) is 43.0 Å². The molecule has 0 saturated carbocycles. The monoisotopic (exact) mass is 284 g/mol. The van der Waals surface area contributed by atoms with Crippen LogP contribution in [-0.4, -0.2) is 14.2 Å². The molecule has 0 radical (unpaired) electrons. The number of hydrogen-bond acceptors (Lipinski definition) is 2. The van der Waals surface area contributed by atoms with Gasteiger partial charge >= 0.3 is 0 Å². The van der Waals surface area contributed by atoms with Gasteiger partial charge < -0.3 is 9.47 Å². The van der Waals surface area contributed by atoms with Gasteiger partial charge in [0, 0.05) is 0 Å². The summed E-state index contributed by atoms with van der Waals surface area (Å²) in [5.41, 5.74) is 2.67. The maximum atomic E-state index is 12.9. The van der Waals surface area contributed by atoms with Crippen LogP contribution in [0.5, 0.6) is 11.5 Å². The molecule has 0 bridgehead atoms. The third kappa shape index (κ3) is 3.51. The van der Waals surface area contributed by atoms with E-state index >= 15 is 0 Å². The fourth-order valence-corrected chi connectivity index (χ4v) is 2.02. The summed E-state index contributed by atoms with van der Waals surface area (Å²) in [6.07, 6.45) is 5.53. The highest BCUT2D eigenvalue weighted by Gasteiger charge is 2.08. The third-order valence-corrected chi connectivity index (χ3v) is 3.11. The van der Waals surface area contributed by atoms with Crippen LogP contribution in [0.2, 0.25) is 0 Å². The summed E-state index contributed by atoms with van der Waals surface area (Å²) in [4.78, 5) is 0. The normalized spacial score (nSPS) is 10.6. The molecule has 108 valence electrons. The highest BCUT2D eigenvalue weighted by molar-refractivity contribution is 5.74. The summed E-state index contributed by atoms with van der Waals surface area (Å²) < 4.78 is 23.6. The zero-order valence-corrected chi connectivity index (χ0v) is 12.1. The molecule has 3 heteroatoms. The molecule has 2 rings (SSSR count). The van der Waals surface area contributed by atoms with Crippen molar-refractivity contribution in [2.24, 2.45) is 0 Å². The molecule has 0 spiro atoms. The minimum atomic E-state index is -0.245. The van der Waals surface area contributed by atoms with Gasteiger partial charge in [0.05, 0.1) is 19.8 Å². The summed E-state index contributed by atoms with van der Waals surface area (Å²) in [7, 11) is 3.21. The average Bonchev–Trinajstić information content (AvgIpc) is 2.53. The van der Waals surface area contributed by atoms with Gasteiger partial charge in [0.25, 0.3) is 0 Å². The lowest BCUT2D eigenvalue weighted by atomic mass is 10.1. The Kier molecular flexibility index (Phi) is 4.77. The first-order valence-corrected chi connectivity index (χ1v) is 6.50. The second kappa shape index (κ2) is 6.75. The minimum absolute atomic E-state index is 0.245. The van der Waals surface area contributed by atoms with Gasteiger partial charge in [-0.15, -0.1) is 0 Å². The summed E-state index contributed by atoms with van der Waals surface area (Å²) in [6.45, 7) is 3.77. The standard InChI is InChI=1S/C18H17FO2/c1-4-16-17(20-2)11-14(12-18(16)21-3)6-5-13-7-9-15(19)10-8-13/h4-12H,1H2,2-3H3/b6-5+. The smallest absolute Gasteiger partial charge is 0.130 e. The Morgan fingerprint density at radius 3 is 1.90 bits per heavy atom. The molecule has 0 fully saturated rings. The van der Waals surface area contributed by atoms with Gasteiger partial charge in [-0.2, -0.15) is 0 Å². The van der Waals surface area contributed by atoms with E-state index < -0.39 is 0 Å². The average molecular weight is 284 g/mol. The molecule has 0 atom stereocenters. The third-order valence-electron chi connectivity index (χ3n) is 3.11. The molecule has 0 aliphatic carbocycles. The topological polar surface area (TPSA) is 18.5 Å². The lowest BCUT2D eigenvalue weighted by molar-refractivity contribution is 0.392. The Labute approximate surface area is 124 Å². The van der Waals surface area contributed by atoms with Crippen LogP contribution in [0.1, 0.15) is 16.7 Å². The highest BCUT2D eigenvalue weighted by atomic mass is 19.1. The van der Waals surface area contributed by atoms with Crippen molar-refractivity contribution in [2.75, 3.05) is 14.2 Å². The van der Waals surface area contributed by atoms with Crippen molar-refractivity contribution >= 4 is 18.2 Å². The van der Waals surface area contributed by atoms with Crippen LogP contribution in [0, 0.1) is 5.82 Å². The van der Waals surface area contributed by atoms with Crippen molar-refractivity contribution in [3.05, 3.63) is 65.5 Å². The lowest BCUT2D eigenvalue weighted by Gasteiger charge is -2.11. The van der Waals surface area contributed by atoms with E-state index in [2.05, 4.69) is 6.58 Å². The van der Waals surface area contributed by atoms with E-state index in [1.807, 2.05) is 24.3 Å². The van der Waals surface area contributed by atoms with Gasteiger partial charge in [0.15, 0.2) is 0 Å². The molecule has 2 nitrogen and oxygen atoms in total. The maximum absolute atomic E-state index is 12.9. The molecular weight excluding hydrogens is 267 g/mol. The zero-order chi connectivity index (χ0) is 15.2. The Morgan fingerprint density at radius 2 is 1.43 bits per heavy atom. The molecule has 0 saturated heterocycles. The van der Waals surface area contributed by atoms with Crippen LogP contribution >= 0.6 is 0 Å². The van der Waals surface area contributed by atoms with Gasteiger partial charge in [-0.25, -0.2) is 4.39 Å². The second-order valence-corrected chi connectivity index (χ2v) is 4.43. The molecule has 0 N–H and O–H groups in total. The maximum Gasteiger partial charge on any atom is 0.130 e.